The summed E-state index contributed by atoms with van der Waals surface area (Å²) in [6, 6.07) is 116. The minimum atomic E-state index is -0.628. The Morgan fingerprint density at radius 3 is 0.754 bits per heavy atom. The quantitative estimate of drug-likeness (QED) is 0.0106. The van der Waals surface area contributed by atoms with Gasteiger partial charge in [0.05, 0.1) is 43.6 Å². The summed E-state index contributed by atoms with van der Waals surface area (Å²) in [7, 11) is -0.773. The topological polar surface area (TPSA) is 142 Å². The van der Waals surface area contributed by atoms with Gasteiger partial charge < -0.3 is 37.9 Å². The number of hydrogen-bond donors (Lipinski definition) is 0. The van der Waals surface area contributed by atoms with Crippen LogP contribution in [0.15, 0.2) is 398 Å². The van der Waals surface area contributed by atoms with Crippen molar-refractivity contribution in [3.63, 3.8) is 0 Å². The average molecular weight is 2050 g/mol. The summed E-state index contributed by atoms with van der Waals surface area (Å²) >= 11 is 8.13. The van der Waals surface area contributed by atoms with Crippen molar-refractivity contribution in [1.82, 2.24) is 0 Å². The summed E-state index contributed by atoms with van der Waals surface area (Å²) < 4.78 is 43.6. The summed E-state index contributed by atoms with van der Waals surface area (Å²) in [6.07, 6.45) is -1.22. The highest BCUT2D eigenvalue weighted by Gasteiger charge is 2.33. The maximum atomic E-state index is 12.0. The van der Waals surface area contributed by atoms with Crippen LogP contribution in [0.1, 0.15) is 61.8 Å². The van der Waals surface area contributed by atoms with Crippen LogP contribution in [0.4, 0.5) is 0 Å². The molecule has 0 N–H and O–H groups in total. The standard InChI is InChI=1S/C25H26IO3S.C24H24IO3S.C23H22IO3S.C22H20IO3S/c1-18(2)25(29-24(27)19(3)26)28-20-14-16-23(17-15-20)30(21-10-6-4-7-11-21)22-12-8-5-9-13-22;1-3-23(28-24(26)18(2)25)27-19-14-16-22(17-15-19)29(20-10-6-4-7-11-20)21-12-8-5-9-13-21;1-17(24)23(25)27-18(2)26-19-13-15-22(16-14-19)28(20-9-5-3-6-10-20)21-11-7-4-8-12-21;1-17(23)22(24)26-16-25-18-12-14-21(15-13-18)27(19-8-4-2-5-9-19)20-10-6-3-7-11-20/h4-19,25H,1-3H3;4-18,23H,3H2,1-2H3;3-18H,1-2H3;2-15,17H,16H2,1H3/q4*+1. The summed E-state index contributed by atoms with van der Waals surface area (Å²) in [5.41, 5.74) is 0. The predicted molar refractivity (Wildman–Crippen MR) is 494 cm³/mol. The molecule has 12 rings (SSSR count). The first-order valence-corrected chi connectivity index (χ1v) is 46.9. The third kappa shape index (κ3) is 28.7. The first-order chi connectivity index (χ1) is 55.2. The minimum absolute atomic E-state index is 0.0482. The molecule has 12 aromatic rings. The van der Waals surface area contributed by atoms with Crippen molar-refractivity contribution in [2.75, 3.05) is 6.79 Å². The Hall–Kier alpha value is -7.96. The van der Waals surface area contributed by atoms with E-state index in [1.807, 2.05) is 215 Å². The lowest BCUT2D eigenvalue weighted by molar-refractivity contribution is -0.168. The van der Waals surface area contributed by atoms with E-state index in [1.54, 1.807) is 27.7 Å². The van der Waals surface area contributed by atoms with Crippen molar-refractivity contribution >= 4 is 158 Å². The summed E-state index contributed by atoms with van der Waals surface area (Å²) in [5.74, 6) is 1.71. The van der Waals surface area contributed by atoms with E-state index in [2.05, 4.69) is 243 Å². The second-order valence-corrected chi connectivity index (χ2v) is 41.1. The van der Waals surface area contributed by atoms with Crippen LogP contribution in [0.25, 0.3) is 0 Å². The van der Waals surface area contributed by atoms with E-state index < -0.39 is 18.9 Å². The third-order valence-electron chi connectivity index (χ3n) is 16.3. The number of alkyl halides is 4. The first kappa shape index (κ1) is 90.0. The maximum Gasteiger partial charge on any atom is 0.321 e. The van der Waals surface area contributed by atoms with Crippen molar-refractivity contribution in [1.29, 1.82) is 0 Å². The molecule has 0 aromatic heterocycles. The van der Waals surface area contributed by atoms with Gasteiger partial charge in [-0.25, -0.2) is 0 Å². The Morgan fingerprint density at radius 2 is 0.500 bits per heavy atom. The van der Waals surface area contributed by atoms with Crippen LogP contribution in [0, 0.1) is 5.92 Å². The molecule has 588 valence electrons. The molecule has 12 nitrogen and oxygen atoms in total. The fourth-order valence-corrected chi connectivity index (χ4v) is 19.6. The summed E-state index contributed by atoms with van der Waals surface area (Å²) in [5, 5.41) is 0. The Morgan fingerprint density at radius 1 is 0.272 bits per heavy atom. The molecule has 0 spiro atoms. The van der Waals surface area contributed by atoms with Crippen LogP contribution in [-0.4, -0.2) is 65.2 Å². The number of benzene rings is 12. The number of carbonyl (C=O) groups is 4. The lowest BCUT2D eigenvalue weighted by Crippen LogP contribution is -2.31. The minimum Gasteiger partial charge on any atom is -0.457 e. The fraction of sp³-hybridized carbons (Fsp3) is 0.191. The van der Waals surface area contributed by atoms with Gasteiger partial charge in [-0.05, 0) is 222 Å². The molecule has 0 fully saturated rings. The van der Waals surface area contributed by atoms with Crippen molar-refractivity contribution in [3.8, 4) is 23.0 Å². The zero-order valence-corrected chi connectivity index (χ0v) is 76.3. The second-order valence-electron chi connectivity index (χ2n) is 25.5. The van der Waals surface area contributed by atoms with Crippen molar-refractivity contribution in [3.05, 3.63) is 340 Å². The van der Waals surface area contributed by atoms with E-state index in [-0.39, 0.29) is 95.9 Å². The van der Waals surface area contributed by atoms with Crippen LogP contribution in [0.5, 0.6) is 23.0 Å². The molecule has 114 heavy (non-hydrogen) atoms. The van der Waals surface area contributed by atoms with Crippen LogP contribution in [0.3, 0.4) is 0 Å². The van der Waals surface area contributed by atoms with Crippen LogP contribution >= 0.6 is 90.4 Å². The first-order valence-electron chi connectivity index (χ1n) is 37.0. The molecule has 12 aromatic carbocycles. The molecular weight excluding hydrogens is 1960 g/mol. The van der Waals surface area contributed by atoms with E-state index in [0.717, 1.165) is 0 Å². The highest BCUT2D eigenvalue weighted by molar-refractivity contribution is 14.1. The number of carbonyl (C=O) groups excluding carboxylic acids is 4. The molecule has 7 atom stereocenters. The van der Waals surface area contributed by atoms with E-state index >= 15 is 0 Å². The normalized spacial score (nSPS) is 12.7. The van der Waals surface area contributed by atoms with Crippen LogP contribution < -0.4 is 18.9 Å². The number of ether oxygens (including phenoxy) is 8. The Bertz CT molecular complexity index is 4630. The summed E-state index contributed by atoms with van der Waals surface area (Å²) in [6.45, 7) is 14.7. The molecule has 0 aliphatic heterocycles. The lowest BCUT2D eigenvalue weighted by Gasteiger charge is -2.23. The number of halogens is 4. The lowest BCUT2D eigenvalue weighted by atomic mass is 10.2. The Labute approximate surface area is 737 Å². The molecule has 0 amide bonds. The molecule has 20 heteroatoms. The average Bonchev–Trinajstić information content (AvgIpc) is 0.839. The van der Waals surface area contributed by atoms with Crippen LogP contribution in [0.2, 0.25) is 0 Å². The molecule has 0 aliphatic rings. The van der Waals surface area contributed by atoms with Gasteiger partial charge in [0, 0.05) is 19.3 Å². The van der Waals surface area contributed by atoms with Crippen LogP contribution in [-0.2, 0) is 81.7 Å². The van der Waals surface area contributed by atoms with Crippen molar-refractivity contribution < 1.29 is 57.1 Å². The van der Waals surface area contributed by atoms with E-state index in [1.165, 1.54) is 58.7 Å². The highest BCUT2D eigenvalue weighted by Crippen LogP contribution is 2.37. The molecular formula is C94H92I4O12S4+4. The molecule has 7 unspecified atom stereocenters. The zero-order valence-electron chi connectivity index (χ0n) is 64.4. The SMILES string of the molecule is CC(I)C(=O)OC(Oc1ccc([S+](c2ccccc2)c2ccccc2)cc1)C(C)C.CC(I)C(=O)OCOc1ccc([S+](c2ccccc2)c2ccccc2)cc1.CC(OC(=O)C(C)I)Oc1ccc([S+](c2ccccc2)c2ccccc2)cc1.CCC(OC(=O)C(C)I)Oc1ccc([S+](c2ccccc2)c2ccccc2)cc1. The highest BCUT2D eigenvalue weighted by atomic mass is 127. The Kier molecular flexibility index (Phi) is 37.8. The van der Waals surface area contributed by atoms with Gasteiger partial charge in [-0.15, -0.1) is 0 Å². The maximum absolute atomic E-state index is 12.0. The largest absolute Gasteiger partial charge is 0.457 e. The second kappa shape index (κ2) is 47.9. The predicted octanol–water partition coefficient (Wildman–Crippen LogP) is 24.1. The molecule has 0 saturated carbocycles. The van der Waals surface area contributed by atoms with Gasteiger partial charge in [-0.2, -0.15) is 0 Å². The van der Waals surface area contributed by atoms with Gasteiger partial charge in [0.15, 0.2) is 58.7 Å². The van der Waals surface area contributed by atoms with Gasteiger partial charge in [-0.3, -0.25) is 19.2 Å². The molecule has 0 saturated heterocycles. The number of esters is 4. The Balaban J connectivity index is 0.000000174. The number of hydrogen-bond acceptors (Lipinski definition) is 12. The molecule has 0 heterocycles. The van der Waals surface area contributed by atoms with E-state index in [9.17, 15) is 19.2 Å². The van der Waals surface area contributed by atoms with Gasteiger partial charge in [0.25, 0.3) is 0 Å². The van der Waals surface area contributed by atoms with E-state index in [0.29, 0.717) is 29.4 Å². The van der Waals surface area contributed by atoms with Crippen molar-refractivity contribution in [2.45, 2.75) is 155 Å². The van der Waals surface area contributed by atoms with Gasteiger partial charge in [-0.1, -0.05) is 257 Å². The third-order valence-corrected chi connectivity index (χ3v) is 27.2. The fourth-order valence-electron chi connectivity index (χ4n) is 10.7. The molecule has 0 radical (unpaired) electrons. The number of rotatable bonds is 30. The van der Waals surface area contributed by atoms with E-state index in [4.69, 9.17) is 37.9 Å². The van der Waals surface area contributed by atoms with Gasteiger partial charge in [0.1, 0.15) is 38.7 Å². The smallest absolute Gasteiger partial charge is 0.321 e. The summed E-state index contributed by atoms with van der Waals surface area (Å²) in [4.78, 5) is 62.0. The van der Waals surface area contributed by atoms with Crippen molar-refractivity contribution in [2.24, 2.45) is 5.92 Å². The molecule has 0 bridgehead atoms. The van der Waals surface area contributed by atoms with Gasteiger partial charge in [0.2, 0.25) is 25.7 Å². The molecule has 0 aliphatic carbocycles. The van der Waals surface area contributed by atoms with Gasteiger partial charge >= 0.3 is 23.9 Å². The zero-order chi connectivity index (χ0) is 81.1. The monoisotopic (exact) mass is 2050 g/mol.